The van der Waals surface area contributed by atoms with Gasteiger partial charge in [0, 0.05) is 12.1 Å². The number of furan rings is 1. The van der Waals surface area contributed by atoms with Gasteiger partial charge in [0.2, 0.25) is 5.91 Å². The summed E-state index contributed by atoms with van der Waals surface area (Å²) in [6.07, 6.45) is 1.64. The van der Waals surface area contributed by atoms with Crippen LogP contribution < -0.4 is 5.73 Å². The predicted molar refractivity (Wildman–Crippen MR) is 49.0 cm³/mol. The smallest absolute Gasteiger partial charge is 0.231 e. The number of hydrogen-bond donors (Lipinski definition) is 1. The number of hydrogen-bond acceptors (Lipinski definition) is 3. The van der Waals surface area contributed by atoms with Crippen LogP contribution in [0.15, 0.2) is 16.7 Å². The van der Waals surface area contributed by atoms with Crippen molar-refractivity contribution >= 4 is 5.91 Å². The van der Waals surface area contributed by atoms with Gasteiger partial charge in [-0.3, -0.25) is 9.69 Å². The van der Waals surface area contributed by atoms with E-state index in [0.717, 1.165) is 11.3 Å². The fourth-order valence-electron chi connectivity index (χ4n) is 1.19. The van der Waals surface area contributed by atoms with Gasteiger partial charge in [0.1, 0.15) is 5.76 Å². The number of carbonyl (C=O) groups excluding carboxylic acids is 1. The van der Waals surface area contributed by atoms with Gasteiger partial charge in [-0.15, -0.1) is 0 Å². The molecule has 72 valence electrons. The third kappa shape index (κ3) is 2.91. The van der Waals surface area contributed by atoms with E-state index < -0.39 is 0 Å². The van der Waals surface area contributed by atoms with E-state index >= 15 is 0 Å². The zero-order valence-corrected chi connectivity index (χ0v) is 7.91. The minimum absolute atomic E-state index is 0.268. The lowest BCUT2D eigenvalue weighted by Gasteiger charge is -2.13. The summed E-state index contributed by atoms with van der Waals surface area (Å²) in [7, 11) is 1.84. The van der Waals surface area contributed by atoms with E-state index in [-0.39, 0.29) is 12.5 Å². The highest BCUT2D eigenvalue weighted by atomic mass is 16.3. The third-order valence-corrected chi connectivity index (χ3v) is 1.83. The molecule has 1 rings (SSSR count). The topological polar surface area (TPSA) is 59.5 Å². The summed E-state index contributed by atoms with van der Waals surface area (Å²) in [4.78, 5) is 12.4. The summed E-state index contributed by atoms with van der Waals surface area (Å²) in [6, 6.07) is 1.90. The molecule has 1 aromatic heterocycles. The Morgan fingerprint density at radius 1 is 1.69 bits per heavy atom. The van der Waals surface area contributed by atoms with Gasteiger partial charge in [-0.2, -0.15) is 0 Å². The number of amides is 1. The van der Waals surface area contributed by atoms with Gasteiger partial charge in [-0.1, -0.05) is 0 Å². The second-order valence-corrected chi connectivity index (χ2v) is 3.14. The molecule has 0 aliphatic rings. The summed E-state index contributed by atoms with van der Waals surface area (Å²) in [5.74, 6) is 0.569. The van der Waals surface area contributed by atoms with Crippen LogP contribution in [0.2, 0.25) is 0 Å². The lowest BCUT2D eigenvalue weighted by atomic mass is 10.2. The lowest BCUT2D eigenvalue weighted by Crippen LogP contribution is -2.30. The largest absolute Gasteiger partial charge is 0.469 e. The van der Waals surface area contributed by atoms with E-state index in [1.807, 2.05) is 24.9 Å². The SMILES string of the molecule is Cc1occc1CN(C)CC(N)=O. The number of aryl methyl sites for hydroxylation is 1. The van der Waals surface area contributed by atoms with Crippen molar-refractivity contribution in [2.24, 2.45) is 5.73 Å². The molecule has 0 saturated carbocycles. The number of nitrogens with zero attached hydrogens (tertiary/aromatic N) is 1. The van der Waals surface area contributed by atoms with Crippen LogP contribution >= 0.6 is 0 Å². The van der Waals surface area contributed by atoms with Crippen LogP contribution in [0.1, 0.15) is 11.3 Å². The summed E-state index contributed by atoms with van der Waals surface area (Å²) in [5.41, 5.74) is 6.14. The highest BCUT2D eigenvalue weighted by molar-refractivity contribution is 5.75. The Bertz CT molecular complexity index is 294. The molecule has 1 amide bonds. The second-order valence-electron chi connectivity index (χ2n) is 3.14. The van der Waals surface area contributed by atoms with Crippen LogP contribution in [-0.2, 0) is 11.3 Å². The van der Waals surface area contributed by atoms with Gasteiger partial charge in [-0.25, -0.2) is 0 Å². The standard InChI is InChI=1S/C9H14N2O2/c1-7-8(3-4-13-7)5-11(2)6-9(10)12/h3-4H,5-6H2,1-2H3,(H2,10,12). The minimum Gasteiger partial charge on any atom is -0.469 e. The van der Waals surface area contributed by atoms with Crippen molar-refractivity contribution in [3.05, 3.63) is 23.7 Å². The molecule has 4 nitrogen and oxygen atoms in total. The van der Waals surface area contributed by atoms with Crippen LogP contribution in [0, 0.1) is 6.92 Å². The second kappa shape index (κ2) is 4.09. The van der Waals surface area contributed by atoms with Gasteiger partial charge in [-0.05, 0) is 20.0 Å². The van der Waals surface area contributed by atoms with Crippen molar-refractivity contribution in [1.82, 2.24) is 4.90 Å². The van der Waals surface area contributed by atoms with E-state index in [1.54, 1.807) is 6.26 Å². The summed E-state index contributed by atoms with van der Waals surface area (Å²) in [6.45, 7) is 2.85. The molecule has 0 saturated heterocycles. The van der Waals surface area contributed by atoms with Crippen molar-refractivity contribution in [2.45, 2.75) is 13.5 Å². The van der Waals surface area contributed by atoms with E-state index in [4.69, 9.17) is 10.2 Å². The first kappa shape index (κ1) is 9.80. The number of carbonyl (C=O) groups is 1. The molecule has 0 radical (unpaired) electrons. The molecule has 4 heteroatoms. The first-order chi connectivity index (χ1) is 6.09. The average molecular weight is 182 g/mol. The average Bonchev–Trinajstić information content (AvgIpc) is 2.34. The molecule has 0 aliphatic heterocycles. The molecule has 0 aliphatic carbocycles. The van der Waals surface area contributed by atoms with E-state index in [9.17, 15) is 4.79 Å². The molecule has 2 N–H and O–H groups in total. The molecule has 0 unspecified atom stereocenters. The first-order valence-corrected chi connectivity index (χ1v) is 4.09. The molecule has 13 heavy (non-hydrogen) atoms. The van der Waals surface area contributed by atoms with Crippen molar-refractivity contribution < 1.29 is 9.21 Å². The first-order valence-electron chi connectivity index (χ1n) is 4.09. The number of nitrogens with two attached hydrogens (primary N) is 1. The summed E-state index contributed by atoms with van der Waals surface area (Å²) in [5, 5.41) is 0. The van der Waals surface area contributed by atoms with Gasteiger partial charge in [0.25, 0.3) is 0 Å². The summed E-state index contributed by atoms with van der Waals surface area (Å²) >= 11 is 0. The monoisotopic (exact) mass is 182 g/mol. The van der Waals surface area contributed by atoms with Crippen molar-refractivity contribution in [3.8, 4) is 0 Å². The predicted octanol–water partition coefficient (Wildman–Crippen LogP) is 0.505. The molecule has 0 spiro atoms. The number of rotatable bonds is 4. The molecule has 0 aromatic carbocycles. The Labute approximate surface area is 77.3 Å². The van der Waals surface area contributed by atoms with Crippen molar-refractivity contribution in [2.75, 3.05) is 13.6 Å². The van der Waals surface area contributed by atoms with Crippen molar-refractivity contribution in [3.63, 3.8) is 0 Å². The molecular formula is C9H14N2O2. The summed E-state index contributed by atoms with van der Waals surface area (Å²) < 4.78 is 5.13. The zero-order valence-electron chi connectivity index (χ0n) is 7.91. The third-order valence-electron chi connectivity index (χ3n) is 1.83. The van der Waals surface area contributed by atoms with Gasteiger partial charge >= 0.3 is 0 Å². The quantitative estimate of drug-likeness (QED) is 0.737. The minimum atomic E-state index is -0.316. The van der Waals surface area contributed by atoms with Gasteiger partial charge < -0.3 is 10.2 Å². The molecule has 0 bridgehead atoms. The Kier molecular flexibility index (Phi) is 3.08. The number of likely N-dealkylation sites (N-methyl/N-ethyl adjacent to an activating group) is 1. The van der Waals surface area contributed by atoms with Gasteiger partial charge in [0.05, 0.1) is 12.8 Å². The molecular weight excluding hydrogens is 168 g/mol. The Hall–Kier alpha value is -1.29. The Morgan fingerprint density at radius 2 is 2.38 bits per heavy atom. The highest BCUT2D eigenvalue weighted by Crippen LogP contribution is 2.10. The normalized spacial score (nSPS) is 10.7. The number of primary amides is 1. The van der Waals surface area contributed by atoms with Crippen molar-refractivity contribution in [1.29, 1.82) is 0 Å². The molecule has 1 aromatic rings. The zero-order chi connectivity index (χ0) is 9.84. The van der Waals surface area contributed by atoms with Gasteiger partial charge in [0.15, 0.2) is 0 Å². The van der Waals surface area contributed by atoms with Crippen LogP contribution in [0.4, 0.5) is 0 Å². The van der Waals surface area contributed by atoms with E-state index in [2.05, 4.69) is 0 Å². The Morgan fingerprint density at radius 3 is 2.85 bits per heavy atom. The van der Waals surface area contributed by atoms with Crippen LogP contribution in [-0.4, -0.2) is 24.4 Å². The fourth-order valence-corrected chi connectivity index (χ4v) is 1.19. The van der Waals surface area contributed by atoms with Crippen LogP contribution in [0.5, 0.6) is 0 Å². The Balaban J connectivity index is 2.49. The fraction of sp³-hybridized carbons (Fsp3) is 0.444. The van der Waals surface area contributed by atoms with E-state index in [1.165, 1.54) is 0 Å². The molecule has 0 fully saturated rings. The maximum absolute atomic E-state index is 10.6. The lowest BCUT2D eigenvalue weighted by molar-refractivity contribution is -0.118. The molecule has 0 atom stereocenters. The maximum Gasteiger partial charge on any atom is 0.231 e. The van der Waals surface area contributed by atoms with Crippen LogP contribution in [0.3, 0.4) is 0 Å². The van der Waals surface area contributed by atoms with E-state index in [0.29, 0.717) is 6.54 Å². The maximum atomic E-state index is 10.6. The highest BCUT2D eigenvalue weighted by Gasteiger charge is 2.06. The molecule has 1 heterocycles. The van der Waals surface area contributed by atoms with Crippen LogP contribution in [0.25, 0.3) is 0 Å².